The smallest absolute Gasteiger partial charge is 0.346 e. The van der Waals surface area contributed by atoms with Crippen molar-refractivity contribution in [3.8, 4) is 5.75 Å². The molecule has 1 N–H and O–H groups in total. The zero-order chi connectivity index (χ0) is 12.3. The Balaban J connectivity index is 2.07. The number of halogens is 1. The molecule has 2 aromatic rings. The van der Waals surface area contributed by atoms with Gasteiger partial charge in [-0.15, -0.1) is 11.3 Å². The van der Waals surface area contributed by atoms with E-state index in [0.717, 1.165) is 11.3 Å². The van der Waals surface area contributed by atoms with Crippen LogP contribution in [0.25, 0.3) is 0 Å². The van der Waals surface area contributed by atoms with Crippen LogP contribution in [0.5, 0.6) is 5.75 Å². The van der Waals surface area contributed by atoms with E-state index in [0.29, 0.717) is 11.3 Å². The minimum absolute atomic E-state index is 0.120. The monoisotopic (exact) mass is 252 g/mol. The third-order valence-corrected chi connectivity index (χ3v) is 3.08. The van der Waals surface area contributed by atoms with E-state index in [4.69, 9.17) is 9.84 Å². The molecule has 2 rings (SSSR count). The van der Waals surface area contributed by atoms with Gasteiger partial charge in [-0.25, -0.2) is 9.18 Å². The molecule has 0 unspecified atom stereocenters. The number of carboxylic acid groups (broad SMARTS) is 1. The van der Waals surface area contributed by atoms with Crippen molar-refractivity contribution in [1.29, 1.82) is 0 Å². The molecule has 1 aromatic heterocycles. The van der Waals surface area contributed by atoms with Crippen molar-refractivity contribution >= 4 is 17.3 Å². The van der Waals surface area contributed by atoms with Crippen molar-refractivity contribution in [2.24, 2.45) is 0 Å². The summed E-state index contributed by atoms with van der Waals surface area (Å²) in [7, 11) is 0. The number of benzene rings is 1. The third-order valence-electron chi connectivity index (χ3n) is 2.13. The Hall–Kier alpha value is -1.88. The topological polar surface area (TPSA) is 46.5 Å². The Morgan fingerprint density at radius 3 is 2.94 bits per heavy atom. The van der Waals surface area contributed by atoms with Gasteiger partial charge in [-0.3, -0.25) is 0 Å². The van der Waals surface area contributed by atoms with Crippen molar-refractivity contribution in [2.45, 2.75) is 6.61 Å². The van der Waals surface area contributed by atoms with E-state index in [1.807, 2.05) is 0 Å². The standard InChI is InChI=1S/C12H9FO3S/c13-9-2-1-3-10(6-9)16-7-8-4-5-17-11(8)12(14)15/h1-6H,7H2,(H,14,15). The number of hydrogen-bond acceptors (Lipinski definition) is 3. The molecular formula is C12H9FO3S. The minimum atomic E-state index is -0.974. The molecule has 1 aromatic carbocycles. The number of ether oxygens (including phenoxy) is 1. The maximum absolute atomic E-state index is 12.9. The van der Waals surface area contributed by atoms with Crippen molar-refractivity contribution < 1.29 is 19.0 Å². The number of thiophene rings is 1. The van der Waals surface area contributed by atoms with Gasteiger partial charge in [0.05, 0.1) is 0 Å². The Morgan fingerprint density at radius 1 is 1.41 bits per heavy atom. The third kappa shape index (κ3) is 2.82. The molecule has 0 aliphatic heterocycles. The van der Waals surface area contributed by atoms with Crippen LogP contribution in [0.2, 0.25) is 0 Å². The molecule has 0 amide bonds. The average Bonchev–Trinajstić information content (AvgIpc) is 2.74. The Labute approximate surface area is 101 Å². The van der Waals surface area contributed by atoms with Crippen LogP contribution in [0.15, 0.2) is 35.7 Å². The average molecular weight is 252 g/mol. The summed E-state index contributed by atoms with van der Waals surface area (Å²) >= 11 is 1.14. The van der Waals surface area contributed by atoms with E-state index in [-0.39, 0.29) is 17.3 Å². The van der Waals surface area contributed by atoms with Gasteiger partial charge in [0.1, 0.15) is 23.1 Å². The number of rotatable bonds is 4. The molecule has 0 spiro atoms. The van der Waals surface area contributed by atoms with Crippen LogP contribution in [0.1, 0.15) is 15.2 Å². The summed E-state index contributed by atoms with van der Waals surface area (Å²) in [4.78, 5) is 11.1. The van der Waals surface area contributed by atoms with Gasteiger partial charge in [-0.05, 0) is 23.6 Å². The van der Waals surface area contributed by atoms with Gasteiger partial charge < -0.3 is 9.84 Å². The molecule has 1 heterocycles. The van der Waals surface area contributed by atoms with E-state index in [1.165, 1.54) is 18.2 Å². The molecule has 0 aliphatic rings. The lowest BCUT2D eigenvalue weighted by atomic mass is 10.2. The number of hydrogen-bond donors (Lipinski definition) is 1. The number of aromatic carboxylic acids is 1. The molecule has 0 atom stereocenters. The van der Waals surface area contributed by atoms with Crippen LogP contribution in [-0.2, 0) is 6.61 Å². The van der Waals surface area contributed by atoms with Crippen molar-refractivity contribution in [3.05, 3.63) is 52.0 Å². The van der Waals surface area contributed by atoms with Gasteiger partial charge in [-0.1, -0.05) is 6.07 Å². The van der Waals surface area contributed by atoms with Crippen molar-refractivity contribution in [3.63, 3.8) is 0 Å². The molecular weight excluding hydrogens is 243 g/mol. The normalized spacial score (nSPS) is 10.2. The summed E-state index contributed by atoms with van der Waals surface area (Å²) < 4.78 is 18.2. The van der Waals surface area contributed by atoms with E-state index in [1.54, 1.807) is 17.5 Å². The fraction of sp³-hybridized carbons (Fsp3) is 0.0833. The molecule has 0 radical (unpaired) electrons. The lowest BCUT2D eigenvalue weighted by molar-refractivity contribution is 0.0699. The molecule has 0 aliphatic carbocycles. The molecule has 3 nitrogen and oxygen atoms in total. The fourth-order valence-electron chi connectivity index (χ4n) is 1.35. The van der Waals surface area contributed by atoms with Crippen LogP contribution in [0, 0.1) is 5.82 Å². The highest BCUT2D eigenvalue weighted by atomic mass is 32.1. The van der Waals surface area contributed by atoms with Crippen LogP contribution >= 0.6 is 11.3 Å². The highest BCUT2D eigenvalue weighted by molar-refractivity contribution is 7.12. The van der Waals surface area contributed by atoms with Crippen LogP contribution in [-0.4, -0.2) is 11.1 Å². The first-order chi connectivity index (χ1) is 8.16. The Bertz CT molecular complexity index is 536. The SMILES string of the molecule is O=C(O)c1sccc1COc1cccc(F)c1. The summed E-state index contributed by atoms with van der Waals surface area (Å²) in [6.07, 6.45) is 0. The first-order valence-electron chi connectivity index (χ1n) is 4.85. The van der Waals surface area contributed by atoms with Gasteiger partial charge in [-0.2, -0.15) is 0 Å². The largest absolute Gasteiger partial charge is 0.489 e. The predicted molar refractivity (Wildman–Crippen MR) is 62.0 cm³/mol. The Kier molecular flexibility index (Phi) is 3.39. The highest BCUT2D eigenvalue weighted by Crippen LogP contribution is 2.20. The second-order valence-corrected chi connectivity index (χ2v) is 4.24. The first kappa shape index (κ1) is 11.6. The summed E-state index contributed by atoms with van der Waals surface area (Å²) in [5, 5.41) is 10.6. The fourth-order valence-corrected chi connectivity index (χ4v) is 2.10. The number of carboxylic acids is 1. The second-order valence-electron chi connectivity index (χ2n) is 3.33. The zero-order valence-electron chi connectivity index (χ0n) is 8.72. The van der Waals surface area contributed by atoms with Gasteiger partial charge in [0.25, 0.3) is 0 Å². The molecule has 0 fully saturated rings. The van der Waals surface area contributed by atoms with Crippen molar-refractivity contribution in [2.75, 3.05) is 0 Å². The molecule has 5 heteroatoms. The van der Waals surface area contributed by atoms with Gasteiger partial charge in [0, 0.05) is 11.6 Å². The van der Waals surface area contributed by atoms with E-state index < -0.39 is 5.97 Å². The van der Waals surface area contributed by atoms with Crippen LogP contribution < -0.4 is 4.74 Å². The highest BCUT2D eigenvalue weighted by Gasteiger charge is 2.11. The summed E-state index contributed by atoms with van der Waals surface area (Å²) in [5.41, 5.74) is 0.590. The van der Waals surface area contributed by atoms with Crippen LogP contribution in [0.3, 0.4) is 0 Å². The van der Waals surface area contributed by atoms with E-state index in [2.05, 4.69) is 0 Å². The van der Waals surface area contributed by atoms with E-state index in [9.17, 15) is 9.18 Å². The predicted octanol–water partition coefficient (Wildman–Crippen LogP) is 3.16. The van der Waals surface area contributed by atoms with E-state index >= 15 is 0 Å². The van der Waals surface area contributed by atoms with Crippen LogP contribution in [0.4, 0.5) is 4.39 Å². The summed E-state index contributed by atoms with van der Waals surface area (Å²) in [6, 6.07) is 7.42. The zero-order valence-corrected chi connectivity index (χ0v) is 9.54. The second kappa shape index (κ2) is 4.97. The molecule has 0 bridgehead atoms. The summed E-state index contributed by atoms with van der Waals surface area (Å²) in [6.45, 7) is 0.120. The Morgan fingerprint density at radius 2 is 2.24 bits per heavy atom. The van der Waals surface area contributed by atoms with Gasteiger partial charge in [0.15, 0.2) is 0 Å². The van der Waals surface area contributed by atoms with Gasteiger partial charge >= 0.3 is 5.97 Å². The maximum atomic E-state index is 12.9. The molecule has 88 valence electrons. The lowest BCUT2D eigenvalue weighted by Gasteiger charge is -2.05. The van der Waals surface area contributed by atoms with Gasteiger partial charge in [0.2, 0.25) is 0 Å². The maximum Gasteiger partial charge on any atom is 0.346 e. The quantitative estimate of drug-likeness (QED) is 0.909. The lowest BCUT2D eigenvalue weighted by Crippen LogP contribution is -2.01. The number of carbonyl (C=O) groups is 1. The molecule has 0 saturated carbocycles. The molecule has 17 heavy (non-hydrogen) atoms. The minimum Gasteiger partial charge on any atom is -0.489 e. The first-order valence-corrected chi connectivity index (χ1v) is 5.73. The van der Waals surface area contributed by atoms with Crippen molar-refractivity contribution in [1.82, 2.24) is 0 Å². The molecule has 0 saturated heterocycles. The summed E-state index contributed by atoms with van der Waals surface area (Å²) in [5.74, 6) is -0.975.